The van der Waals surface area contributed by atoms with E-state index in [-0.39, 0.29) is 58.2 Å². The van der Waals surface area contributed by atoms with E-state index in [9.17, 15) is 9.18 Å². The second kappa shape index (κ2) is 12.3. The Kier molecular flexibility index (Phi) is 8.02. The lowest BCUT2D eigenvalue weighted by atomic mass is 9.91. The van der Waals surface area contributed by atoms with Crippen molar-refractivity contribution in [1.29, 1.82) is 0 Å². The fraction of sp³-hybridized carbons (Fsp3) is 0.316. The van der Waals surface area contributed by atoms with Gasteiger partial charge in [-0.15, -0.1) is 11.3 Å². The fourth-order valence-electron chi connectivity index (χ4n) is 7.31. The van der Waals surface area contributed by atoms with E-state index in [1.54, 1.807) is 18.1 Å². The van der Waals surface area contributed by atoms with E-state index in [0.29, 0.717) is 41.0 Å². The lowest BCUT2D eigenvalue weighted by Crippen LogP contribution is -2.42. The minimum absolute atomic E-state index is 0.0250. The van der Waals surface area contributed by atoms with Gasteiger partial charge >= 0.3 is 0 Å². The number of nitrogens with zero attached hydrogens (tertiary/aromatic N) is 6. The number of carbonyl (C=O) groups is 1. The van der Waals surface area contributed by atoms with E-state index in [4.69, 9.17) is 24.5 Å². The van der Waals surface area contributed by atoms with E-state index in [1.807, 2.05) is 55.3 Å². The summed E-state index contributed by atoms with van der Waals surface area (Å²) in [5.41, 5.74) is 4.06. The van der Waals surface area contributed by atoms with Crippen molar-refractivity contribution in [1.82, 2.24) is 29.2 Å². The SMILES string of the molecule is C=CC(=O)N1C[C@H](C)n2nc(-c3nc(-c4ccc5c(c4)nc(C)n5C)c4scc(F)c4c3-c3c(F)cc(F)cc3OC3CC(OC)C3)cc2[C@H]1C. The quantitative estimate of drug-likeness (QED) is 0.155. The van der Waals surface area contributed by atoms with Gasteiger partial charge in [-0.3, -0.25) is 9.48 Å². The molecule has 4 aromatic heterocycles. The molecule has 262 valence electrons. The van der Waals surface area contributed by atoms with Crippen LogP contribution in [0.3, 0.4) is 0 Å². The van der Waals surface area contributed by atoms with Crippen LogP contribution in [0.15, 0.2) is 54.4 Å². The summed E-state index contributed by atoms with van der Waals surface area (Å²) in [7, 11) is 3.54. The lowest BCUT2D eigenvalue weighted by molar-refractivity contribution is -0.129. The van der Waals surface area contributed by atoms with Crippen molar-refractivity contribution in [3.63, 3.8) is 0 Å². The Bertz CT molecular complexity index is 2390. The van der Waals surface area contributed by atoms with Crippen molar-refractivity contribution in [3.8, 4) is 39.5 Å². The zero-order chi connectivity index (χ0) is 35.9. The summed E-state index contributed by atoms with van der Waals surface area (Å²) in [5, 5.41) is 6.45. The van der Waals surface area contributed by atoms with Gasteiger partial charge in [-0.25, -0.2) is 23.1 Å². The van der Waals surface area contributed by atoms with Gasteiger partial charge in [0.25, 0.3) is 0 Å². The molecule has 0 saturated heterocycles. The number of thiophene rings is 1. The maximum absolute atomic E-state index is 16.4. The van der Waals surface area contributed by atoms with Crippen molar-refractivity contribution in [2.24, 2.45) is 7.05 Å². The summed E-state index contributed by atoms with van der Waals surface area (Å²) in [5.74, 6) is -1.78. The van der Waals surface area contributed by atoms with Gasteiger partial charge in [-0.2, -0.15) is 5.10 Å². The number of carbonyl (C=O) groups excluding carboxylic acids is 1. The van der Waals surface area contributed by atoms with Crippen LogP contribution in [0.4, 0.5) is 13.2 Å². The molecule has 51 heavy (non-hydrogen) atoms. The number of ether oxygens (including phenoxy) is 2. The highest BCUT2D eigenvalue weighted by molar-refractivity contribution is 7.17. The minimum Gasteiger partial charge on any atom is -0.489 e. The molecule has 1 aliphatic heterocycles. The van der Waals surface area contributed by atoms with E-state index < -0.39 is 17.5 Å². The molecule has 0 N–H and O–H groups in total. The van der Waals surface area contributed by atoms with Gasteiger partial charge in [-0.05, 0) is 45.0 Å². The van der Waals surface area contributed by atoms with Gasteiger partial charge in [0.05, 0.1) is 50.9 Å². The highest BCUT2D eigenvalue weighted by Gasteiger charge is 2.36. The Morgan fingerprint density at radius 3 is 2.55 bits per heavy atom. The van der Waals surface area contributed by atoms with Gasteiger partial charge in [0.15, 0.2) is 0 Å². The standard InChI is InChI=1S/C38H35F3N6O3S/c1-7-32(48)46-16-18(2)47-30(19(46)3)15-28(44-47)37-35(33-25(40)11-22(39)12-31(33)50-24-13-23(14-24)49-6)34-26(41)17-51-38(34)36(43-37)21-8-9-29-27(10-21)42-20(4)45(29)5/h7-12,15,17-19,23-24H,1,13-14,16H2,2-6H3/t18-,19+,23?,24?/m0/s1. The zero-order valence-electron chi connectivity index (χ0n) is 28.7. The number of aryl methyl sites for hydroxylation is 2. The number of pyridine rings is 1. The number of benzene rings is 2. The van der Waals surface area contributed by atoms with Crippen molar-refractivity contribution >= 4 is 38.4 Å². The molecule has 2 aromatic carbocycles. The normalized spacial score (nSPS) is 20.1. The van der Waals surface area contributed by atoms with Gasteiger partial charge in [0.2, 0.25) is 5.91 Å². The summed E-state index contributed by atoms with van der Waals surface area (Å²) in [6.07, 6.45) is 1.99. The number of halogens is 3. The summed E-state index contributed by atoms with van der Waals surface area (Å²) >= 11 is 1.15. The third-order valence-electron chi connectivity index (χ3n) is 10.2. The van der Waals surface area contributed by atoms with Gasteiger partial charge in [0.1, 0.15) is 46.5 Å². The molecule has 1 saturated carbocycles. The second-order valence-corrected chi connectivity index (χ2v) is 14.2. The molecule has 13 heteroatoms. The molecular formula is C38H35F3N6O3S. The van der Waals surface area contributed by atoms with Crippen molar-refractivity contribution in [3.05, 3.63) is 83.4 Å². The molecule has 8 rings (SSSR count). The van der Waals surface area contributed by atoms with Crippen LogP contribution in [0.1, 0.15) is 50.3 Å². The van der Waals surface area contributed by atoms with E-state index in [2.05, 4.69) is 6.58 Å². The Balaban J connectivity index is 1.41. The second-order valence-electron chi connectivity index (χ2n) is 13.3. The van der Waals surface area contributed by atoms with Crippen LogP contribution in [0.25, 0.3) is 54.9 Å². The molecule has 1 fully saturated rings. The monoisotopic (exact) mass is 712 g/mol. The van der Waals surface area contributed by atoms with E-state index in [0.717, 1.165) is 46.0 Å². The summed E-state index contributed by atoms with van der Waals surface area (Å²) in [6.45, 7) is 9.81. The van der Waals surface area contributed by atoms with Crippen LogP contribution in [-0.2, 0) is 16.6 Å². The summed E-state index contributed by atoms with van der Waals surface area (Å²) in [6, 6.07) is 8.86. The number of fused-ring (bicyclic) bond motifs is 3. The fourth-order valence-corrected chi connectivity index (χ4v) is 8.24. The Labute approximate surface area is 295 Å². The number of amides is 1. The van der Waals surface area contributed by atoms with Gasteiger partial charge in [-0.1, -0.05) is 12.6 Å². The van der Waals surface area contributed by atoms with Crippen LogP contribution in [0.2, 0.25) is 0 Å². The maximum atomic E-state index is 16.4. The summed E-state index contributed by atoms with van der Waals surface area (Å²) in [4.78, 5) is 24.4. The Hall–Kier alpha value is -5.01. The molecule has 9 nitrogen and oxygen atoms in total. The highest BCUT2D eigenvalue weighted by atomic mass is 32.1. The molecule has 0 radical (unpaired) electrons. The maximum Gasteiger partial charge on any atom is 0.246 e. The Morgan fingerprint density at radius 2 is 1.80 bits per heavy atom. The Morgan fingerprint density at radius 1 is 1.02 bits per heavy atom. The van der Waals surface area contributed by atoms with Crippen LogP contribution >= 0.6 is 11.3 Å². The molecule has 1 aliphatic carbocycles. The lowest BCUT2D eigenvalue weighted by Gasteiger charge is -2.36. The number of hydrogen-bond acceptors (Lipinski definition) is 7. The molecule has 0 unspecified atom stereocenters. The van der Waals surface area contributed by atoms with Crippen LogP contribution in [0, 0.1) is 24.4 Å². The van der Waals surface area contributed by atoms with Crippen molar-refractivity contribution in [2.45, 2.75) is 57.9 Å². The molecule has 1 amide bonds. The average molecular weight is 713 g/mol. The van der Waals surface area contributed by atoms with Crippen LogP contribution in [0.5, 0.6) is 5.75 Å². The topological polar surface area (TPSA) is 87.3 Å². The average Bonchev–Trinajstić information content (AvgIpc) is 3.79. The third-order valence-corrected chi connectivity index (χ3v) is 11.2. The first kappa shape index (κ1) is 33.2. The predicted octanol–water partition coefficient (Wildman–Crippen LogP) is 8.31. The zero-order valence-corrected chi connectivity index (χ0v) is 29.5. The highest BCUT2D eigenvalue weighted by Crippen LogP contribution is 2.49. The van der Waals surface area contributed by atoms with Crippen molar-refractivity contribution < 1.29 is 27.4 Å². The molecular weight excluding hydrogens is 678 g/mol. The molecule has 5 heterocycles. The van der Waals surface area contributed by atoms with Gasteiger partial charge < -0.3 is 18.9 Å². The molecule has 6 aromatic rings. The first-order valence-electron chi connectivity index (χ1n) is 16.7. The number of imidazole rings is 1. The first-order chi connectivity index (χ1) is 24.5. The smallest absolute Gasteiger partial charge is 0.246 e. The number of methoxy groups -OCH3 is 1. The number of aromatic nitrogens is 5. The molecule has 0 spiro atoms. The van der Waals surface area contributed by atoms with Crippen molar-refractivity contribution in [2.75, 3.05) is 13.7 Å². The van der Waals surface area contributed by atoms with Gasteiger partial charge in [0, 0.05) is 67.6 Å². The summed E-state index contributed by atoms with van der Waals surface area (Å²) < 4.78 is 63.5. The predicted molar refractivity (Wildman–Crippen MR) is 190 cm³/mol. The first-order valence-corrected chi connectivity index (χ1v) is 17.6. The number of hydrogen-bond donors (Lipinski definition) is 0. The minimum atomic E-state index is -0.922. The molecule has 2 atom stereocenters. The largest absolute Gasteiger partial charge is 0.489 e. The van der Waals surface area contributed by atoms with E-state index in [1.165, 1.54) is 11.5 Å². The third kappa shape index (κ3) is 5.32. The van der Waals surface area contributed by atoms with E-state index >= 15 is 8.78 Å². The molecule has 0 bridgehead atoms. The van der Waals surface area contributed by atoms with Crippen LogP contribution in [-0.4, -0.2) is 61.0 Å². The van der Waals surface area contributed by atoms with Crippen LogP contribution < -0.4 is 4.74 Å². The number of rotatable bonds is 7. The molecule has 2 aliphatic rings.